The molecule has 1 aliphatic rings. The topological polar surface area (TPSA) is 82.9 Å². The number of amides is 1. The highest BCUT2D eigenvalue weighted by Crippen LogP contribution is 2.38. The van der Waals surface area contributed by atoms with E-state index in [4.69, 9.17) is 12.2 Å². The number of carbonyl (C=O) groups excluding carboxylic acids is 1. The fourth-order valence-corrected chi connectivity index (χ4v) is 2.81. The van der Waals surface area contributed by atoms with Gasteiger partial charge in [0.2, 0.25) is 0 Å². The lowest BCUT2D eigenvalue weighted by Gasteiger charge is -2.23. The third kappa shape index (κ3) is 3.39. The zero-order chi connectivity index (χ0) is 17.3. The lowest BCUT2D eigenvalue weighted by Crippen LogP contribution is -2.43. The molecule has 1 heterocycles. The molecule has 0 bridgehead atoms. The maximum absolute atomic E-state index is 13.3. The molecule has 1 fully saturated rings. The summed E-state index contributed by atoms with van der Waals surface area (Å²) in [4.78, 5) is 12.3. The number of nitrogens with zero attached hydrogens (tertiary/aromatic N) is 2. The summed E-state index contributed by atoms with van der Waals surface area (Å²) in [5, 5.41) is 20.1. The maximum atomic E-state index is 13.3. The summed E-state index contributed by atoms with van der Waals surface area (Å²) in [6, 6.07) is 5.38. The van der Waals surface area contributed by atoms with E-state index in [9.17, 15) is 14.3 Å². The fraction of sp³-hybridized carbons (Fsp3) is 0.438. The summed E-state index contributed by atoms with van der Waals surface area (Å²) >= 11 is 5.20. The van der Waals surface area contributed by atoms with Gasteiger partial charge in [0.1, 0.15) is 11.6 Å². The Bertz CT molecular complexity index is 810. The zero-order valence-corrected chi connectivity index (χ0v) is 14.1. The Labute approximate surface area is 143 Å². The average Bonchev–Trinajstić information content (AvgIpc) is 3.32. The normalized spacial score (nSPS) is 16.6. The summed E-state index contributed by atoms with van der Waals surface area (Å²) < 4.78 is 15.7. The summed E-state index contributed by atoms with van der Waals surface area (Å²) in [5.41, 5.74) is -1.60. The molecule has 1 unspecified atom stereocenters. The molecule has 128 valence electrons. The first-order valence-electron chi connectivity index (χ1n) is 7.81. The highest BCUT2D eigenvalue weighted by Gasteiger charge is 2.33. The van der Waals surface area contributed by atoms with Crippen LogP contribution in [-0.2, 0) is 16.9 Å². The van der Waals surface area contributed by atoms with Crippen LogP contribution in [0.5, 0.6) is 0 Å². The second-order valence-corrected chi connectivity index (χ2v) is 6.54. The second kappa shape index (κ2) is 6.45. The number of H-pyrrole nitrogens is 1. The standard InChI is InChI=1S/C16H19FN4O2S/c1-16(23,11-3-2-4-12(17)9-11)14(22)18-7-8-21-13(10-5-6-10)19-20-15(21)24/h2-4,9-10,23H,5-8H2,1H3,(H,18,22)(H,20,24). The van der Waals surface area contributed by atoms with Crippen molar-refractivity contribution >= 4 is 18.1 Å². The van der Waals surface area contributed by atoms with E-state index in [-0.39, 0.29) is 12.1 Å². The molecule has 0 saturated heterocycles. The van der Waals surface area contributed by atoms with Crippen molar-refractivity contribution in [2.24, 2.45) is 0 Å². The van der Waals surface area contributed by atoms with Gasteiger partial charge in [-0.15, -0.1) is 0 Å². The van der Waals surface area contributed by atoms with Crippen LogP contribution in [0.3, 0.4) is 0 Å². The molecule has 1 saturated carbocycles. The van der Waals surface area contributed by atoms with Crippen LogP contribution in [-0.4, -0.2) is 32.3 Å². The highest BCUT2D eigenvalue weighted by molar-refractivity contribution is 7.71. The molecule has 6 nitrogen and oxygen atoms in total. The molecule has 1 amide bonds. The minimum atomic E-state index is -1.81. The van der Waals surface area contributed by atoms with Gasteiger partial charge in [-0.2, -0.15) is 5.10 Å². The van der Waals surface area contributed by atoms with Crippen molar-refractivity contribution in [2.45, 2.75) is 37.8 Å². The van der Waals surface area contributed by atoms with Crippen molar-refractivity contribution in [3.63, 3.8) is 0 Å². The van der Waals surface area contributed by atoms with Gasteiger partial charge in [-0.1, -0.05) is 12.1 Å². The Kier molecular flexibility index (Phi) is 4.51. The van der Waals surface area contributed by atoms with E-state index in [2.05, 4.69) is 15.5 Å². The number of benzene rings is 1. The third-order valence-electron chi connectivity index (χ3n) is 4.18. The van der Waals surface area contributed by atoms with Gasteiger partial charge < -0.3 is 15.0 Å². The number of aromatic amines is 1. The van der Waals surface area contributed by atoms with Gasteiger partial charge in [-0.25, -0.2) is 4.39 Å². The molecule has 0 aliphatic heterocycles. The number of halogens is 1. The Morgan fingerprint density at radius 2 is 2.33 bits per heavy atom. The van der Waals surface area contributed by atoms with Crippen molar-refractivity contribution in [2.75, 3.05) is 6.54 Å². The fourth-order valence-electron chi connectivity index (χ4n) is 2.57. The van der Waals surface area contributed by atoms with Gasteiger partial charge in [0.15, 0.2) is 10.4 Å². The van der Waals surface area contributed by atoms with Gasteiger partial charge >= 0.3 is 0 Å². The monoisotopic (exact) mass is 350 g/mol. The molecule has 1 aromatic carbocycles. The Morgan fingerprint density at radius 3 is 3.00 bits per heavy atom. The van der Waals surface area contributed by atoms with E-state index in [1.54, 1.807) is 0 Å². The summed E-state index contributed by atoms with van der Waals surface area (Å²) in [6.45, 7) is 2.10. The molecule has 0 spiro atoms. The van der Waals surface area contributed by atoms with Crippen molar-refractivity contribution in [3.05, 3.63) is 46.2 Å². The molecule has 8 heteroatoms. The number of nitrogens with one attached hydrogen (secondary N) is 2. The van der Waals surface area contributed by atoms with Gasteiger partial charge in [0.05, 0.1) is 0 Å². The Balaban J connectivity index is 1.63. The van der Waals surface area contributed by atoms with Gasteiger partial charge in [-0.05, 0) is 49.7 Å². The molecular weight excluding hydrogens is 331 g/mol. The minimum Gasteiger partial charge on any atom is -0.376 e. The molecule has 1 aromatic heterocycles. The molecule has 2 aromatic rings. The number of rotatable bonds is 6. The van der Waals surface area contributed by atoms with E-state index in [0.717, 1.165) is 24.7 Å². The van der Waals surface area contributed by atoms with Crippen LogP contribution < -0.4 is 5.32 Å². The van der Waals surface area contributed by atoms with Gasteiger partial charge in [-0.3, -0.25) is 9.89 Å². The molecule has 3 N–H and O–H groups in total. The number of hydrogen-bond donors (Lipinski definition) is 3. The van der Waals surface area contributed by atoms with Crippen molar-refractivity contribution in [1.82, 2.24) is 20.1 Å². The quantitative estimate of drug-likeness (QED) is 0.696. The second-order valence-electron chi connectivity index (χ2n) is 6.15. The first-order valence-corrected chi connectivity index (χ1v) is 8.22. The molecule has 3 rings (SSSR count). The van der Waals surface area contributed by atoms with E-state index in [1.807, 2.05) is 4.57 Å². The molecular formula is C16H19FN4O2S. The molecule has 0 radical (unpaired) electrons. The van der Waals surface area contributed by atoms with Crippen molar-refractivity contribution in [1.29, 1.82) is 0 Å². The van der Waals surface area contributed by atoms with Crippen LogP contribution >= 0.6 is 12.2 Å². The van der Waals surface area contributed by atoms with E-state index < -0.39 is 17.3 Å². The van der Waals surface area contributed by atoms with Crippen LogP contribution in [0.1, 0.15) is 37.1 Å². The van der Waals surface area contributed by atoms with E-state index in [1.165, 1.54) is 25.1 Å². The molecule has 1 atom stereocenters. The lowest BCUT2D eigenvalue weighted by molar-refractivity contribution is -0.139. The molecule has 24 heavy (non-hydrogen) atoms. The Morgan fingerprint density at radius 1 is 1.58 bits per heavy atom. The number of aliphatic hydroxyl groups is 1. The first-order chi connectivity index (χ1) is 11.4. The third-order valence-corrected chi connectivity index (χ3v) is 4.49. The Hall–Kier alpha value is -2.06. The van der Waals surface area contributed by atoms with Gasteiger partial charge in [0, 0.05) is 19.0 Å². The highest BCUT2D eigenvalue weighted by atomic mass is 32.1. The van der Waals surface area contributed by atoms with Crippen LogP contribution in [0, 0.1) is 10.6 Å². The zero-order valence-electron chi connectivity index (χ0n) is 13.3. The van der Waals surface area contributed by atoms with E-state index >= 15 is 0 Å². The first kappa shape index (κ1) is 16.8. The summed E-state index contributed by atoms with van der Waals surface area (Å²) in [5.74, 6) is 0.255. The number of aromatic nitrogens is 3. The predicted molar refractivity (Wildman–Crippen MR) is 88.4 cm³/mol. The predicted octanol–water partition coefficient (Wildman–Crippen LogP) is 1.98. The number of hydrogen-bond acceptors (Lipinski definition) is 4. The van der Waals surface area contributed by atoms with Crippen LogP contribution in [0.15, 0.2) is 24.3 Å². The van der Waals surface area contributed by atoms with Crippen LogP contribution in [0.4, 0.5) is 4.39 Å². The average molecular weight is 350 g/mol. The van der Waals surface area contributed by atoms with E-state index in [0.29, 0.717) is 17.2 Å². The maximum Gasteiger partial charge on any atom is 0.256 e. The summed E-state index contributed by atoms with van der Waals surface area (Å²) in [7, 11) is 0. The largest absolute Gasteiger partial charge is 0.376 e. The minimum absolute atomic E-state index is 0.207. The van der Waals surface area contributed by atoms with Crippen LogP contribution in [0.25, 0.3) is 0 Å². The lowest BCUT2D eigenvalue weighted by atomic mass is 9.95. The number of carbonyl (C=O) groups is 1. The molecule has 1 aliphatic carbocycles. The SMILES string of the molecule is CC(O)(C(=O)NCCn1c(C2CC2)n[nH]c1=S)c1cccc(F)c1. The van der Waals surface area contributed by atoms with Crippen molar-refractivity contribution < 1.29 is 14.3 Å². The van der Waals surface area contributed by atoms with Gasteiger partial charge in [0.25, 0.3) is 5.91 Å². The smallest absolute Gasteiger partial charge is 0.256 e. The van der Waals surface area contributed by atoms with Crippen molar-refractivity contribution in [3.8, 4) is 0 Å². The van der Waals surface area contributed by atoms with Crippen LogP contribution in [0.2, 0.25) is 0 Å². The summed E-state index contributed by atoms with van der Waals surface area (Å²) in [6.07, 6.45) is 2.19.